The molecule has 2 heterocycles. The Morgan fingerprint density at radius 1 is 1.58 bits per heavy atom. The van der Waals surface area contributed by atoms with E-state index in [1.165, 1.54) is 0 Å². The molecule has 0 aromatic heterocycles. The molecule has 1 unspecified atom stereocenters. The van der Waals surface area contributed by atoms with E-state index in [2.05, 4.69) is 10.6 Å². The van der Waals surface area contributed by atoms with Gasteiger partial charge in [-0.3, -0.25) is 10.1 Å². The lowest BCUT2D eigenvalue weighted by Crippen LogP contribution is -2.75. The molecule has 12 heavy (non-hydrogen) atoms. The monoisotopic (exact) mass is 172 g/mol. The van der Waals surface area contributed by atoms with E-state index < -0.39 is 17.6 Å². The Kier molecular flexibility index (Phi) is 1.79. The van der Waals surface area contributed by atoms with Gasteiger partial charge in [0.15, 0.2) is 0 Å². The fraction of sp³-hybridized carbons (Fsp3) is 0.857. The van der Waals surface area contributed by atoms with Gasteiger partial charge in [0.2, 0.25) is 0 Å². The van der Waals surface area contributed by atoms with Crippen LogP contribution in [0.25, 0.3) is 0 Å². The summed E-state index contributed by atoms with van der Waals surface area (Å²) in [5.41, 5.74) is -0.482. The number of ether oxygens (including phenoxy) is 1. The Bertz CT molecular complexity index is 203. The van der Waals surface area contributed by atoms with Crippen LogP contribution in [0.3, 0.4) is 0 Å². The number of carboxylic acid groups (broad SMARTS) is 1. The van der Waals surface area contributed by atoms with Crippen LogP contribution in [-0.2, 0) is 9.53 Å². The molecule has 2 aliphatic rings. The largest absolute Gasteiger partial charge is 0.480 e. The topological polar surface area (TPSA) is 70.6 Å². The number of rotatable bonds is 1. The van der Waals surface area contributed by atoms with E-state index in [0.29, 0.717) is 26.2 Å². The van der Waals surface area contributed by atoms with E-state index in [0.717, 1.165) is 0 Å². The molecule has 0 aromatic rings. The number of hydrogen-bond donors (Lipinski definition) is 3. The molecule has 0 amide bonds. The molecule has 0 saturated carbocycles. The van der Waals surface area contributed by atoms with Gasteiger partial charge in [-0.05, 0) is 0 Å². The first-order chi connectivity index (χ1) is 5.75. The molecule has 0 bridgehead atoms. The second kappa shape index (κ2) is 2.69. The van der Waals surface area contributed by atoms with Crippen LogP contribution >= 0.6 is 0 Å². The van der Waals surface area contributed by atoms with Gasteiger partial charge in [0.25, 0.3) is 0 Å². The molecule has 5 nitrogen and oxygen atoms in total. The van der Waals surface area contributed by atoms with Crippen molar-refractivity contribution in [3.8, 4) is 0 Å². The van der Waals surface area contributed by atoms with Crippen LogP contribution in [0.4, 0.5) is 0 Å². The zero-order chi connectivity index (χ0) is 8.60. The summed E-state index contributed by atoms with van der Waals surface area (Å²) in [6.07, 6.45) is 0. The molecule has 1 spiro atoms. The molecule has 5 heteroatoms. The van der Waals surface area contributed by atoms with Crippen LogP contribution in [0, 0.1) is 0 Å². The number of carboxylic acids is 1. The minimum atomic E-state index is -0.823. The van der Waals surface area contributed by atoms with Crippen LogP contribution < -0.4 is 10.6 Å². The molecule has 0 aromatic carbocycles. The highest BCUT2D eigenvalue weighted by Crippen LogP contribution is 2.24. The Labute approximate surface area is 70.1 Å². The first kappa shape index (κ1) is 7.97. The zero-order valence-corrected chi connectivity index (χ0v) is 6.67. The van der Waals surface area contributed by atoms with Crippen LogP contribution in [0.15, 0.2) is 0 Å². The summed E-state index contributed by atoms with van der Waals surface area (Å²) in [7, 11) is 0. The molecule has 2 fully saturated rings. The quantitative estimate of drug-likeness (QED) is 0.444. The fourth-order valence-corrected chi connectivity index (χ4v) is 1.72. The van der Waals surface area contributed by atoms with Crippen molar-refractivity contribution in [3.05, 3.63) is 0 Å². The minimum absolute atomic E-state index is 0.482. The Hall–Kier alpha value is -0.650. The summed E-state index contributed by atoms with van der Waals surface area (Å²) in [5, 5.41) is 14.8. The van der Waals surface area contributed by atoms with Gasteiger partial charge >= 0.3 is 5.97 Å². The molecule has 2 aliphatic heterocycles. The average Bonchev–Trinajstić information content (AvgIpc) is 2.01. The molecule has 2 saturated heterocycles. The van der Waals surface area contributed by atoms with Crippen LogP contribution in [0.5, 0.6) is 0 Å². The third-order valence-electron chi connectivity index (χ3n) is 2.46. The standard InChI is InChI=1S/C7H12N2O3/c10-6(11)5-7(3-8-4-7)12-2-1-9-5/h5,8-9H,1-4H2,(H,10,11). The van der Waals surface area contributed by atoms with Gasteiger partial charge in [-0.2, -0.15) is 0 Å². The second-order valence-electron chi connectivity index (χ2n) is 3.24. The maximum Gasteiger partial charge on any atom is 0.323 e. The highest BCUT2D eigenvalue weighted by Gasteiger charge is 2.50. The van der Waals surface area contributed by atoms with E-state index in [-0.39, 0.29) is 0 Å². The summed E-state index contributed by atoms with van der Waals surface area (Å²) in [6.45, 7) is 2.50. The van der Waals surface area contributed by atoms with E-state index in [1.54, 1.807) is 0 Å². The van der Waals surface area contributed by atoms with E-state index >= 15 is 0 Å². The van der Waals surface area contributed by atoms with Crippen LogP contribution in [0.1, 0.15) is 0 Å². The van der Waals surface area contributed by atoms with E-state index in [4.69, 9.17) is 9.84 Å². The third-order valence-corrected chi connectivity index (χ3v) is 2.46. The second-order valence-corrected chi connectivity index (χ2v) is 3.24. The lowest BCUT2D eigenvalue weighted by Gasteiger charge is -2.48. The SMILES string of the molecule is O=C(O)C1NCCOC12CNC2. The normalized spacial score (nSPS) is 32.8. The third kappa shape index (κ3) is 1.01. The smallest absolute Gasteiger partial charge is 0.323 e. The number of morpholine rings is 1. The van der Waals surface area contributed by atoms with Gasteiger partial charge in [0.05, 0.1) is 6.61 Å². The highest BCUT2D eigenvalue weighted by molar-refractivity contribution is 5.76. The lowest BCUT2D eigenvalue weighted by molar-refractivity contribution is -0.166. The predicted molar refractivity (Wildman–Crippen MR) is 41.0 cm³/mol. The fourth-order valence-electron chi connectivity index (χ4n) is 1.72. The van der Waals surface area contributed by atoms with Crippen molar-refractivity contribution in [1.29, 1.82) is 0 Å². The number of nitrogens with one attached hydrogen (secondary N) is 2. The van der Waals surface area contributed by atoms with Crippen LogP contribution in [0.2, 0.25) is 0 Å². The summed E-state index contributed by atoms with van der Waals surface area (Å²) in [4.78, 5) is 10.8. The Morgan fingerprint density at radius 3 is 2.75 bits per heavy atom. The number of hydrogen-bond acceptors (Lipinski definition) is 4. The van der Waals surface area contributed by atoms with Crippen molar-refractivity contribution >= 4 is 5.97 Å². The van der Waals surface area contributed by atoms with Crippen molar-refractivity contribution < 1.29 is 14.6 Å². The molecule has 0 aliphatic carbocycles. The van der Waals surface area contributed by atoms with Gasteiger partial charge in [-0.15, -0.1) is 0 Å². The van der Waals surface area contributed by atoms with Gasteiger partial charge in [0, 0.05) is 19.6 Å². The van der Waals surface area contributed by atoms with Crippen molar-refractivity contribution in [2.24, 2.45) is 0 Å². The van der Waals surface area contributed by atoms with Crippen LogP contribution in [-0.4, -0.2) is 49.0 Å². The molecule has 3 N–H and O–H groups in total. The van der Waals surface area contributed by atoms with Gasteiger partial charge in [-0.1, -0.05) is 0 Å². The van der Waals surface area contributed by atoms with Crippen molar-refractivity contribution in [1.82, 2.24) is 10.6 Å². The Morgan fingerprint density at radius 2 is 2.33 bits per heavy atom. The first-order valence-corrected chi connectivity index (χ1v) is 4.05. The summed E-state index contributed by atoms with van der Waals surface area (Å²) < 4.78 is 5.47. The van der Waals surface area contributed by atoms with Crippen molar-refractivity contribution in [2.45, 2.75) is 11.6 Å². The zero-order valence-electron chi connectivity index (χ0n) is 6.67. The molecular formula is C7H12N2O3. The summed E-state index contributed by atoms with van der Waals surface area (Å²) in [5.74, 6) is -0.823. The van der Waals surface area contributed by atoms with Gasteiger partial charge < -0.3 is 15.2 Å². The lowest BCUT2D eigenvalue weighted by atomic mass is 9.86. The first-order valence-electron chi connectivity index (χ1n) is 4.05. The van der Waals surface area contributed by atoms with Crippen molar-refractivity contribution in [3.63, 3.8) is 0 Å². The van der Waals surface area contributed by atoms with E-state index in [1.807, 2.05) is 0 Å². The molecule has 0 radical (unpaired) electrons. The molecule has 68 valence electrons. The van der Waals surface area contributed by atoms with Gasteiger partial charge in [0.1, 0.15) is 11.6 Å². The minimum Gasteiger partial charge on any atom is -0.480 e. The van der Waals surface area contributed by atoms with Crippen molar-refractivity contribution in [2.75, 3.05) is 26.2 Å². The summed E-state index contributed by atoms with van der Waals surface area (Å²) in [6, 6.07) is -0.549. The maximum absolute atomic E-state index is 10.8. The molecule has 2 rings (SSSR count). The highest BCUT2D eigenvalue weighted by atomic mass is 16.5. The summed E-state index contributed by atoms with van der Waals surface area (Å²) >= 11 is 0. The number of aliphatic carboxylic acids is 1. The number of carbonyl (C=O) groups is 1. The predicted octanol–water partition coefficient (Wildman–Crippen LogP) is -1.60. The molecular weight excluding hydrogens is 160 g/mol. The van der Waals surface area contributed by atoms with E-state index in [9.17, 15) is 4.79 Å². The van der Waals surface area contributed by atoms with Gasteiger partial charge in [-0.25, -0.2) is 0 Å². The maximum atomic E-state index is 10.8. The molecule has 1 atom stereocenters. The average molecular weight is 172 g/mol. The Balaban J connectivity index is 2.11.